The summed E-state index contributed by atoms with van der Waals surface area (Å²) in [7, 11) is 0. The molecule has 2 heteroatoms. The number of aromatic nitrogens is 1. The molecule has 0 radical (unpaired) electrons. The lowest BCUT2D eigenvalue weighted by atomic mass is 9.34. The van der Waals surface area contributed by atoms with E-state index in [9.17, 15) is 0 Å². The molecule has 0 bridgehead atoms. The third kappa shape index (κ3) is 5.10. The number of anilines is 3. The molecule has 8 aromatic carbocycles. The van der Waals surface area contributed by atoms with Crippen molar-refractivity contribution >= 4 is 49.6 Å². The molecule has 1 heterocycles. The maximum atomic E-state index is 2.49. The minimum absolute atomic E-state index is 0.389. The zero-order valence-electron chi connectivity index (χ0n) is 32.9. The topological polar surface area (TPSA) is 8.17 Å². The summed E-state index contributed by atoms with van der Waals surface area (Å²) in [5, 5.41) is 5.10. The summed E-state index contributed by atoms with van der Waals surface area (Å²) < 4.78 is 2.43. The first-order chi connectivity index (χ1) is 28.6. The Hall–Kier alpha value is -6.38. The molecular formula is C56H46N2. The minimum Gasteiger partial charge on any atom is -0.311 e. The Kier molecular flexibility index (Phi) is 7.61. The van der Waals surface area contributed by atoms with Crippen molar-refractivity contribution in [1.82, 2.24) is 4.57 Å². The van der Waals surface area contributed by atoms with Gasteiger partial charge in [-0.3, -0.25) is 0 Å². The molecule has 1 aromatic heterocycles. The van der Waals surface area contributed by atoms with E-state index in [1.54, 1.807) is 5.56 Å². The summed E-state index contributed by atoms with van der Waals surface area (Å²) in [4.78, 5) is 2.44. The van der Waals surface area contributed by atoms with Gasteiger partial charge in [0.05, 0.1) is 16.7 Å². The second-order valence-corrected chi connectivity index (χ2v) is 17.6. The van der Waals surface area contributed by atoms with Crippen molar-refractivity contribution in [2.75, 3.05) is 4.90 Å². The average molecular weight is 747 g/mol. The fourth-order valence-electron chi connectivity index (χ4n) is 12.1. The van der Waals surface area contributed by atoms with E-state index in [1.165, 1.54) is 91.9 Å². The predicted octanol–water partition coefficient (Wildman–Crippen LogP) is 15.1. The van der Waals surface area contributed by atoms with E-state index >= 15 is 0 Å². The number of hydrogen-bond donors (Lipinski definition) is 0. The summed E-state index contributed by atoms with van der Waals surface area (Å²) >= 11 is 0. The van der Waals surface area contributed by atoms with Gasteiger partial charge in [-0.1, -0.05) is 140 Å². The summed E-state index contributed by atoms with van der Waals surface area (Å²) in [5.74, 6) is 3.63. The van der Waals surface area contributed by atoms with Crippen LogP contribution in [0.4, 0.5) is 17.1 Å². The van der Waals surface area contributed by atoms with Gasteiger partial charge in [0.15, 0.2) is 0 Å². The van der Waals surface area contributed by atoms with Crippen molar-refractivity contribution in [2.24, 2.45) is 23.7 Å². The van der Waals surface area contributed by atoms with Crippen LogP contribution < -0.4 is 4.90 Å². The van der Waals surface area contributed by atoms with Gasteiger partial charge in [0.2, 0.25) is 0 Å². The Balaban J connectivity index is 0.944. The van der Waals surface area contributed by atoms with Crippen molar-refractivity contribution in [2.45, 2.75) is 38.0 Å². The fourth-order valence-corrected chi connectivity index (χ4v) is 12.1. The van der Waals surface area contributed by atoms with E-state index in [1.807, 2.05) is 0 Å². The SMILES string of the molecule is C[C@H]1CC2C[C@H]3CC(c4ccc(N(c5ccc(-c6ccccc6-n6c7ccccc7c7ccccc76)cc5)c5ccc(-c6cccc7ccccc67)cc5)cc4)(C1)C23. The third-order valence-electron chi connectivity index (χ3n) is 14.4. The van der Waals surface area contributed by atoms with Crippen LogP contribution in [0.5, 0.6) is 0 Å². The number of para-hydroxylation sites is 3. The lowest BCUT2D eigenvalue weighted by Gasteiger charge is -2.70. The molecule has 5 atom stereocenters. The zero-order chi connectivity index (χ0) is 38.4. The lowest BCUT2D eigenvalue weighted by molar-refractivity contribution is -0.159. The summed E-state index contributed by atoms with van der Waals surface area (Å²) in [6.07, 6.45) is 5.63. The van der Waals surface area contributed by atoms with E-state index in [-0.39, 0.29) is 0 Å². The van der Waals surface area contributed by atoms with Crippen LogP contribution in [-0.2, 0) is 5.41 Å². The van der Waals surface area contributed by atoms with Gasteiger partial charge in [0, 0.05) is 33.4 Å². The molecule has 2 nitrogen and oxygen atoms in total. The molecule has 3 fully saturated rings. The molecule has 12 rings (SSSR count). The molecule has 3 unspecified atom stereocenters. The summed E-state index contributed by atoms with van der Waals surface area (Å²) in [6, 6.07) is 69.9. The van der Waals surface area contributed by atoms with Crippen LogP contribution in [-0.4, -0.2) is 4.57 Å². The largest absolute Gasteiger partial charge is 0.311 e. The number of benzene rings is 8. The molecule has 3 aliphatic rings. The van der Waals surface area contributed by atoms with Crippen molar-refractivity contribution in [3.05, 3.63) is 194 Å². The summed E-state index contributed by atoms with van der Waals surface area (Å²) in [6.45, 7) is 2.49. The first-order valence-corrected chi connectivity index (χ1v) is 21.3. The lowest BCUT2D eigenvalue weighted by Crippen LogP contribution is -2.65. The fraction of sp³-hybridized carbons (Fsp3) is 0.179. The van der Waals surface area contributed by atoms with Crippen LogP contribution in [0, 0.1) is 23.7 Å². The highest BCUT2D eigenvalue weighted by molar-refractivity contribution is 6.09. The molecule has 0 spiro atoms. The van der Waals surface area contributed by atoms with Gasteiger partial charge in [-0.05, 0) is 142 Å². The third-order valence-corrected chi connectivity index (χ3v) is 14.4. The number of fused-ring (bicyclic) bond motifs is 4. The second-order valence-electron chi connectivity index (χ2n) is 17.6. The molecule has 58 heavy (non-hydrogen) atoms. The molecule has 0 N–H and O–H groups in total. The normalized spacial score (nSPS) is 22.0. The van der Waals surface area contributed by atoms with E-state index in [0.717, 1.165) is 35.0 Å². The molecule has 3 aliphatic carbocycles. The monoisotopic (exact) mass is 746 g/mol. The van der Waals surface area contributed by atoms with Gasteiger partial charge < -0.3 is 9.47 Å². The Bertz CT molecular complexity index is 2930. The van der Waals surface area contributed by atoms with Crippen LogP contribution in [0.1, 0.15) is 38.2 Å². The Morgan fingerprint density at radius 3 is 1.67 bits per heavy atom. The van der Waals surface area contributed by atoms with Gasteiger partial charge in [-0.15, -0.1) is 0 Å². The first kappa shape index (κ1) is 33.7. The maximum absolute atomic E-state index is 2.49. The van der Waals surface area contributed by atoms with Crippen LogP contribution >= 0.6 is 0 Å². The van der Waals surface area contributed by atoms with Crippen molar-refractivity contribution < 1.29 is 0 Å². The molecule has 9 aromatic rings. The van der Waals surface area contributed by atoms with E-state index in [4.69, 9.17) is 0 Å². The maximum Gasteiger partial charge on any atom is 0.0541 e. The molecule has 0 saturated heterocycles. The quantitative estimate of drug-likeness (QED) is 0.158. The van der Waals surface area contributed by atoms with E-state index in [0.29, 0.717) is 5.41 Å². The van der Waals surface area contributed by atoms with Gasteiger partial charge in [-0.2, -0.15) is 0 Å². The first-order valence-electron chi connectivity index (χ1n) is 21.3. The molecule has 0 amide bonds. The second kappa shape index (κ2) is 13.1. The standard InChI is InChI=1S/C56H46N2/c1-37-33-41-34-42-36-56(35-37,55(41)42)43-25-31-46(32-26-43)57(44-27-21-39(22-28-44)48-17-10-12-38-11-2-3-13-47(38)48)45-29-23-40(24-30-45)49-14-4-7-18-52(49)58-53-19-8-5-15-50(53)51-16-6-9-20-54(51)58/h2-32,37,41-42,55H,33-36H2,1H3/t37-,41?,42-,55?,56?/m0/s1. The van der Waals surface area contributed by atoms with Gasteiger partial charge in [-0.25, -0.2) is 0 Å². The van der Waals surface area contributed by atoms with E-state index < -0.39 is 0 Å². The van der Waals surface area contributed by atoms with Crippen LogP contribution in [0.3, 0.4) is 0 Å². The molecule has 3 saturated carbocycles. The smallest absolute Gasteiger partial charge is 0.0541 e. The zero-order valence-corrected chi connectivity index (χ0v) is 32.9. The minimum atomic E-state index is 0.389. The number of hydrogen-bond acceptors (Lipinski definition) is 1. The highest BCUT2D eigenvalue weighted by atomic mass is 15.1. The number of nitrogens with zero attached hydrogens (tertiary/aromatic N) is 2. The highest BCUT2D eigenvalue weighted by Crippen LogP contribution is 2.71. The molecule has 280 valence electrons. The average Bonchev–Trinajstić information content (AvgIpc) is 3.60. The Morgan fingerprint density at radius 2 is 1.00 bits per heavy atom. The predicted molar refractivity (Wildman–Crippen MR) is 244 cm³/mol. The Labute approximate surface area is 341 Å². The molecular weight excluding hydrogens is 701 g/mol. The van der Waals surface area contributed by atoms with Gasteiger partial charge in [0.1, 0.15) is 0 Å². The van der Waals surface area contributed by atoms with E-state index in [2.05, 4.69) is 204 Å². The van der Waals surface area contributed by atoms with Crippen molar-refractivity contribution in [3.63, 3.8) is 0 Å². The van der Waals surface area contributed by atoms with Gasteiger partial charge >= 0.3 is 0 Å². The number of rotatable bonds is 7. The molecule has 0 aliphatic heterocycles. The van der Waals surface area contributed by atoms with Gasteiger partial charge in [0.25, 0.3) is 0 Å². The highest BCUT2D eigenvalue weighted by Gasteiger charge is 2.65. The Morgan fingerprint density at radius 1 is 0.466 bits per heavy atom. The van der Waals surface area contributed by atoms with Crippen molar-refractivity contribution in [1.29, 1.82) is 0 Å². The van der Waals surface area contributed by atoms with Crippen LogP contribution in [0.15, 0.2) is 188 Å². The summed E-state index contributed by atoms with van der Waals surface area (Å²) in [5.41, 5.74) is 14.0. The van der Waals surface area contributed by atoms with Crippen LogP contribution in [0.25, 0.3) is 60.5 Å². The van der Waals surface area contributed by atoms with Crippen molar-refractivity contribution in [3.8, 4) is 27.9 Å². The van der Waals surface area contributed by atoms with Crippen LogP contribution in [0.2, 0.25) is 0 Å².